The van der Waals surface area contributed by atoms with Gasteiger partial charge in [0.05, 0.1) is 36.9 Å². The minimum absolute atomic E-state index is 0.00702. The van der Waals surface area contributed by atoms with Crippen molar-refractivity contribution in [2.75, 3.05) is 52.4 Å². The van der Waals surface area contributed by atoms with Gasteiger partial charge in [0.1, 0.15) is 5.75 Å². The molecule has 3 aromatic rings. The first-order chi connectivity index (χ1) is 23.4. The van der Waals surface area contributed by atoms with E-state index in [1.807, 2.05) is 34.9 Å². The quantitative estimate of drug-likeness (QED) is 0.229. The van der Waals surface area contributed by atoms with E-state index in [9.17, 15) is 10.1 Å². The Labute approximate surface area is 311 Å². The zero-order valence-electron chi connectivity index (χ0n) is 27.5. The Kier molecular flexibility index (Phi) is 11.8. The smallest absolute Gasteiger partial charge is 0.321 e. The van der Waals surface area contributed by atoms with Crippen LogP contribution in [0.3, 0.4) is 0 Å². The first-order valence-electron chi connectivity index (χ1n) is 17.1. The maximum Gasteiger partial charge on any atom is 0.321 e. The highest BCUT2D eigenvalue weighted by Gasteiger charge is 2.45. The Morgan fingerprint density at radius 3 is 2.08 bits per heavy atom. The Morgan fingerprint density at radius 1 is 0.812 bits per heavy atom. The van der Waals surface area contributed by atoms with Crippen LogP contribution in [-0.2, 0) is 4.79 Å². The average molecular weight is 872 g/mol. The fourth-order valence-electron chi connectivity index (χ4n) is 7.55. The number of piperazine rings is 1. The molecule has 8 nitrogen and oxygen atoms in total. The van der Waals surface area contributed by atoms with Crippen LogP contribution in [0.1, 0.15) is 79.3 Å². The number of rotatable bonds is 7. The van der Waals surface area contributed by atoms with Gasteiger partial charge >= 0.3 is 6.03 Å². The van der Waals surface area contributed by atoms with E-state index in [0.29, 0.717) is 50.6 Å². The lowest BCUT2D eigenvalue weighted by Gasteiger charge is -2.49. The number of benzene rings is 3. The molecule has 0 aliphatic carbocycles. The molecule has 3 aliphatic rings. The Morgan fingerprint density at radius 2 is 1.46 bits per heavy atom. The van der Waals surface area contributed by atoms with Crippen LogP contribution in [0.5, 0.6) is 5.75 Å². The lowest BCUT2D eigenvalue weighted by atomic mass is 9.76. The standard InChI is InChI=1S/C38H43I2N5O3/c1-2-48-35-24-27(25-41)6-15-33(35)34-17-16-32(28-7-11-30(39)12-8-28)37(29-9-13-31(40)14-10-29)45(34)38(47)44-22-20-42(21-23-44)26-36(46)43-18-4-3-5-19-43/h6-15,24,32,34,37H,2-5,16-23,26H2,1H3. The fraction of sp³-hybridized carbons (Fsp3) is 0.447. The SMILES string of the molecule is CCOc1cc(C#N)ccc1C1CCC(c2ccc(I)cc2)C(c2ccc(I)cc2)N1C(=O)N1CCN(CC(=O)N2CCCCC2)CC1. The summed E-state index contributed by atoms with van der Waals surface area (Å²) in [6.07, 6.45) is 5.02. The van der Waals surface area contributed by atoms with Gasteiger partial charge in [-0.2, -0.15) is 5.26 Å². The fourth-order valence-corrected chi connectivity index (χ4v) is 8.27. The molecule has 3 fully saturated rings. The van der Waals surface area contributed by atoms with E-state index in [1.165, 1.54) is 15.6 Å². The van der Waals surface area contributed by atoms with Crippen molar-refractivity contribution < 1.29 is 14.3 Å². The zero-order chi connectivity index (χ0) is 33.6. The van der Waals surface area contributed by atoms with Gasteiger partial charge < -0.3 is 19.4 Å². The molecule has 3 saturated heterocycles. The number of nitriles is 1. The lowest BCUT2D eigenvalue weighted by molar-refractivity contribution is -0.133. The lowest BCUT2D eigenvalue weighted by Crippen LogP contribution is -2.56. The van der Waals surface area contributed by atoms with Gasteiger partial charge in [-0.25, -0.2) is 4.79 Å². The molecule has 0 radical (unpaired) electrons. The zero-order valence-corrected chi connectivity index (χ0v) is 31.8. The van der Waals surface area contributed by atoms with Gasteiger partial charge in [0.2, 0.25) is 5.91 Å². The van der Waals surface area contributed by atoms with Crippen LogP contribution in [0.4, 0.5) is 4.79 Å². The summed E-state index contributed by atoms with van der Waals surface area (Å²) in [5.74, 6) is 0.961. The molecule has 0 aromatic heterocycles. The molecular formula is C38H43I2N5O3. The van der Waals surface area contributed by atoms with Gasteiger partial charge in [0.15, 0.2) is 0 Å². The molecule has 0 saturated carbocycles. The normalized spacial score (nSPS) is 21.9. The molecule has 0 spiro atoms. The Balaban J connectivity index is 1.34. The second kappa shape index (κ2) is 16.2. The maximum absolute atomic E-state index is 15.0. The molecule has 3 amide bonds. The summed E-state index contributed by atoms with van der Waals surface area (Å²) >= 11 is 4.68. The Bertz CT molecular complexity index is 1610. The summed E-state index contributed by atoms with van der Waals surface area (Å²) < 4.78 is 8.47. The highest BCUT2D eigenvalue weighted by molar-refractivity contribution is 14.1. The second-order valence-electron chi connectivity index (χ2n) is 12.9. The van der Waals surface area contributed by atoms with Crippen LogP contribution in [0.15, 0.2) is 66.7 Å². The largest absolute Gasteiger partial charge is 0.493 e. The van der Waals surface area contributed by atoms with Crippen LogP contribution in [0.2, 0.25) is 0 Å². The van der Waals surface area contributed by atoms with E-state index >= 15 is 4.79 Å². The number of piperidine rings is 2. The topological polar surface area (TPSA) is 80.1 Å². The number of hydrogen-bond acceptors (Lipinski definition) is 5. The number of nitrogens with zero attached hydrogens (tertiary/aromatic N) is 5. The van der Waals surface area contributed by atoms with Gasteiger partial charge in [-0.05, 0) is 132 Å². The van der Waals surface area contributed by atoms with Gasteiger partial charge in [-0.3, -0.25) is 9.69 Å². The molecule has 10 heteroatoms. The van der Waals surface area contributed by atoms with Gasteiger partial charge in [0.25, 0.3) is 0 Å². The van der Waals surface area contributed by atoms with E-state index < -0.39 is 0 Å². The van der Waals surface area contributed by atoms with E-state index in [0.717, 1.165) is 53.5 Å². The minimum Gasteiger partial charge on any atom is -0.493 e. The number of ether oxygens (including phenoxy) is 1. The van der Waals surface area contributed by atoms with E-state index in [1.54, 1.807) is 0 Å². The predicted molar refractivity (Wildman–Crippen MR) is 204 cm³/mol. The maximum atomic E-state index is 15.0. The van der Waals surface area contributed by atoms with Crippen molar-refractivity contribution in [1.82, 2.24) is 19.6 Å². The molecule has 6 rings (SSSR count). The van der Waals surface area contributed by atoms with Crippen LogP contribution in [0, 0.1) is 18.5 Å². The summed E-state index contributed by atoms with van der Waals surface area (Å²) in [6.45, 7) is 7.00. The van der Waals surface area contributed by atoms with Crippen molar-refractivity contribution in [3.8, 4) is 11.8 Å². The van der Waals surface area contributed by atoms with E-state index in [-0.39, 0.29) is 29.9 Å². The summed E-state index contributed by atoms with van der Waals surface area (Å²) in [5.41, 5.74) is 3.80. The van der Waals surface area contributed by atoms with Crippen LogP contribution in [-0.4, -0.2) is 84.0 Å². The van der Waals surface area contributed by atoms with Crippen molar-refractivity contribution in [2.24, 2.45) is 0 Å². The number of hydrogen-bond donors (Lipinski definition) is 0. The molecule has 3 heterocycles. The molecule has 0 bridgehead atoms. The van der Waals surface area contributed by atoms with Crippen molar-refractivity contribution in [1.29, 1.82) is 5.26 Å². The number of carbonyl (C=O) groups excluding carboxylic acids is 2. The second-order valence-corrected chi connectivity index (χ2v) is 15.4. The van der Waals surface area contributed by atoms with Crippen LogP contribution >= 0.6 is 45.2 Å². The summed E-state index contributed by atoms with van der Waals surface area (Å²) in [5, 5.41) is 9.68. The summed E-state index contributed by atoms with van der Waals surface area (Å²) in [7, 11) is 0. The third-order valence-corrected chi connectivity index (χ3v) is 11.4. The third kappa shape index (κ3) is 7.94. The molecule has 3 atom stereocenters. The molecular weight excluding hydrogens is 828 g/mol. The highest BCUT2D eigenvalue weighted by atomic mass is 127. The third-order valence-electron chi connectivity index (χ3n) is 10.0. The molecule has 3 unspecified atom stereocenters. The molecule has 3 aliphatic heterocycles. The average Bonchev–Trinajstić information content (AvgIpc) is 3.12. The summed E-state index contributed by atoms with van der Waals surface area (Å²) in [4.78, 5) is 36.4. The minimum atomic E-state index is -0.241. The van der Waals surface area contributed by atoms with Crippen molar-refractivity contribution >= 4 is 57.1 Å². The van der Waals surface area contributed by atoms with Crippen LogP contribution in [0.25, 0.3) is 0 Å². The molecule has 252 valence electrons. The van der Waals surface area contributed by atoms with Crippen molar-refractivity contribution in [3.63, 3.8) is 0 Å². The number of carbonyl (C=O) groups is 2. The number of urea groups is 1. The number of halogens is 2. The highest BCUT2D eigenvalue weighted by Crippen LogP contribution is 2.51. The van der Waals surface area contributed by atoms with Gasteiger partial charge in [0, 0.05) is 57.9 Å². The van der Waals surface area contributed by atoms with Crippen molar-refractivity contribution in [3.05, 3.63) is 96.1 Å². The number of likely N-dealkylation sites (tertiary alicyclic amines) is 2. The number of amides is 3. The van der Waals surface area contributed by atoms with Gasteiger partial charge in [-0.1, -0.05) is 30.3 Å². The monoisotopic (exact) mass is 871 g/mol. The van der Waals surface area contributed by atoms with E-state index in [4.69, 9.17) is 4.74 Å². The molecule has 3 aromatic carbocycles. The van der Waals surface area contributed by atoms with Crippen molar-refractivity contribution in [2.45, 2.75) is 57.0 Å². The molecule has 48 heavy (non-hydrogen) atoms. The van der Waals surface area contributed by atoms with Crippen LogP contribution < -0.4 is 4.74 Å². The summed E-state index contributed by atoms with van der Waals surface area (Å²) in [6, 6.07) is 24.7. The van der Waals surface area contributed by atoms with Gasteiger partial charge in [-0.15, -0.1) is 0 Å². The first kappa shape index (κ1) is 35.0. The Hall–Kier alpha value is -2.89. The first-order valence-corrected chi connectivity index (χ1v) is 19.3. The van der Waals surface area contributed by atoms with E-state index in [2.05, 4.69) is 110 Å². The molecule has 0 N–H and O–H groups in total. The predicted octanol–water partition coefficient (Wildman–Crippen LogP) is 7.58.